The Morgan fingerprint density at radius 2 is 2.41 bits per heavy atom. The van der Waals surface area contributed by atoms with Gasteiger partial charge in [0.05, 0.1) is 7.11 Å². The number of methoxy groups -OCH3 is 1. The van der Waals surface area contributed by atoms with E-state index in [1.54, 1.807) is 7.11 Å². The minimum atomic E-state index is 0.660. The third kappa shape index (κ3) is 1.86. The molecule has 90 valence electrons. The summed E-state index contributed by atoms with van der Waals surface area (Å²) < 4.78 is 7.36. The van der Waals surface area contributed by atoms with Gasteiger partial charge in [0.15, 0.2) is 5.65 Å². The first-order chi connectivity index (χ1) is 8.38. The van der Waals surface area contributed by atoms with E-state index in [9.17, 15) is 0 Å². The molecule has 1 aliphatic rings. The molecule has 1 unspecified atom stereocenters. The molecule has 17 heavy (non-hydrogen) atoms. The first kappa shape index (κ1) is 10.5. The first-order valence-corrected chi connectivity index (χ1v) is 5.96. The molecule has 3 rings (SSSR count). The highest BCUT2D eigenvalue weighted by molar-refractivity contribution is 5.42. The Labute approximate surface area is 99.8 Å². The summed E-state index contributed by atoms with van der Waals surface area (Å²) in [6.45, 7) is 2.18. The van der Waals surface area contributed by atoms with Crippen LogP contribution in [0.25, 0.3) is 5.65 Å². The molecule has 0 spiro atoms. The summed E-state index contributed by atoms with van der Waals surface area (Å²) in [7, 11) is 1.68. The molecule has 0 aliphatic carbocycles. The van der Waals surface area contributed by atoms with Crippen molar-refractivity contribution in [1.82, 2.24) is 19.9 Å². The van der Waals surface area contributed by atoms with Gasteiger partial charge in [-0.1, -0.05) is 6.07 Å². The predicted octanol–water partition coefficient (Wildman–Crippen LogP) is 0.890. The molecule has 5 heteroatoms. The van der Waals surface area contributed by atoms with Gasteiger partial charge < -0.3 is 10.1 Å². The lowest BCUT2D eigenvalue weighted by Crippen LogP contribution is -2.12. The fraction of sp³-hybridized carbons (Fsp3) is 0.500. The maximum atomic E-state index is 5.36. The predicted molar refractivity (Wildman–Crippen MR) is 64.2 cm³/mol. The summed E-state index contributed by atoms with van der Waals surface area (Å²) in [6, 6.07) is 5.82. The average molecular weight is 232 g/mol. The molecule has 0 bridgehead atoms. The third-order valence-electron chi connectivity index (χ3n) is 3.30. The van der Waals surface area contributed by atoms with Gasteiger partial charge in [-0.05, 0) is 37.6 Å². The van der Waals surface area contributed by atoms with Crippen LogP contribution < -0.4 is 10.1 Å². The number of hydrogen-bond acceptors (Lipinski definition) is 4. The second-order valence-electron chi connectivity index (χ2n) is 4.44. The van der Waals surface area contributed by atoms with Gasteiger partial charge in [-0.2, -0.15) is 0 Å². The van der Waals surface area contributed by atoms with E-state index >= 15 is 0 Å². The van der Waals surface area contributed by atoms with Crippen LogP contribution in [0, 0.1) is 5.92 Å². The van der Waals surface area contributed by atoms with E-state index in [0.717, 1.165) is 36.9 Å². The zero-order chi connectivity index (χ0) is 11.7. The highest BCUT2D eigenvalue weighted by Crippen LogP contribution is 2.19. The lowest BCUT2D eigenvalue weighted by molar-refractivity contribution is 0.388. The topological polar surface area (TPSA) is 51.5 Å². The maximum absolute atomic E-state index is 5.36. The molecule has 2 aromatic rings. The van der Waals surface area contributed by atoms with Crippen LogP contribution in [0.15, 0.2) is 18.2 Å². The fourth-order valence-corrected chi connectivity index (χ4v) is 2.41. The highest BCUT2D eigenvalue weighted by Gasteiger charge is 2.19. The summed E-state index contributed by atoms with van der Waals surface area (Å²) in [5.74, 6) is 2.45. The first-order valence-electron chi connectivity index (χ1n) is 5.96. The van der Waals surface area contributed by atoms with Crippen LogP contribution in [0.1, 0.15) is 12.2 Å². The number of rotatable bonds is 3. The maximum Gasteiger partial charge on any atom is 0.200 e. The molecule has 0 aromatic carbocycles. The van der Waals surface area contributed by atoms with Crippen molar-refractivity contribution in [2.24, 2.45) is 5.92 Å². The lowest BCUT2D eigenvalue weighted by atomic mass is 10.0. The van der Waals surface area contributed by atoms with E-state index in [-0.39, 0.29) is 0 Å². The van der Waals surface area contributed by atoms with Gasteiger partial charge in [-0.15, -0.1) is 10.2 Å². The van der Waals surface area contributed by atoms with Crippen molar-refractivity contribution in [3.63, 3.8) is 0 Å². The minimum Gasteiger partial charge on any atom is -0.482 e. The third-order valence-corrected chi connectivity index (χ3v) is 3.30. The van der Waals surface area contributed by atoms with Crippen molar-refractivity contribution >= 4 is 5.65 Å². The number of nitrogens with zero attached hydrogens (tertiary/aromatic N) is 3. The van der Waals surface area contributed by atoms with Crippen LogP contribution in [-0.4, -0.2) is 34.8 Å². The number of nitrogens with one attached hydrogen (secondary N) is 1. The fourth-order valence-electron chi connectivity index (χ4n) is 2.41. The van der Waals surface area contributed by atoms with Crippen LogP contribution in [0.3, 0.4) is 0 Å². The molecule has 1 N–H and O–H groups in total. The van der Waals surface area contributed by atoms with E-state index in [0.29, 0.717) is 5.92 Å². The van der Waals surface area contributed by atoms with Crippen LogP contribution in [0.2, 0.25) is 0 Å². The number of pyridine rings is 1. The summed E-state index contributed by atoms with van der Waals surface area (Å²) >= 11 is 0. The molecule has 2 aromatic heterocycles. The molecule has 3 heterocycles. The number of ether oxygens (including phenoxy) is 1. The Bertz CT molecular complexity index is 516. The molecule has 0 saturated carbocycles. The van der Waals surface area contributed by atoms with Crippen LogP contribution in [-0.2, 0) is 6.42 Å². The van der Waals surface area contributed by atoms with Crippen LogP contribution in [0.5, 0.6) is 5.88 Å². The zero-order valence-electron chi connectivity index (χ0n) is 9.89. The molecule has 1 saturated heterocycles. The van der Waals surface area contributed by atoms with Gasteiger partial charge in [-0.25, -0.2) is 4.40 Å². The second kappa shape index (κ2) is 4.33. The van der Waals surface area contributed by atoms with Crippen molar-refractivity contribution < 1.29 is 4.74 Å². The van der Waals surface area contributed by atoms with Crippen LogP contribution in [0.4, 0.5) is 0 Å². The molecule has 1 atom stereocenters. The average Bonchev–Trinajstić information content (AvgIpc) is 2.99. The molecule has 5 nitrogen and oxygen atoms in total. The number of aromatic nitrogens is 3. The molecule has 0 amide bonds. The monoisotopic (exact) mass is 232 g/mol. The Kier molecular flexibility index (Phi) is 2.68. The molecule has 1 aliphatic heterocycles. The largest absolute Gasteiger partial charge is 0.482 e. The van der Waals surface area contributed by atoms with Crippen molar-refractivity contribution in [1.29, 1.82) is 0 Å². The lowest BCUT2D eigenvalue weighted by Gasteiger charge is -2.08. The summed E-state index contributed by atoms with van der Waals surface area (Å²) in [4.78, 5) is 0. The van der Waals surface area contributed by atoms with Crippen molar-refractivity contribution in [3.8, 4) is 5.88 Å². The number of hydrogen-bond donors (Lipinski definition) is 1. The summed E-state index contributed by atoms with van der Waals surface area (Å²) in [6.07, 6.45) is 2.17. The van der Waals surface area contributed by atoms with E-state index in [4.69, 9.17) is 4.74 Å². The standard InChI is InChI=1S/C12H16N4O/c1-17-12-4-2-3-10-14-15-11(16(10)12)7-9-5-6-13-8-9/h2-4,9,13H,5-8H2,1H3. The van der Waals surface area contributed by atoms with E-state index < -0.39 is 0 Å². The van der Waals surface area contributed by atoms with Crippen molar-refractivity contribution in [2.45, 2.75) is 12.8 Å². The Morgan fingerprint density at radius 1 is 1.47 bits per heavy atom. The Balaban J connectivity index is 1.98. The molecular formula is C12H16N4O. The minimum absolute atomic E-state index is 0.660. The normalized spacial score (nSPS) is 19.9. The van der Waals surface area contributed by atoms with Crippen LogP contribution >= 0.6 is 0 Å². The van der Waals surface area contributed by atoms with E-state index in [2.05, 4.69) is 15.5 Å². The van der Waals surface area contributed by atoms with Gasteiger partial charge in [0.2, 0.25) is 5.88 Å². The van der Waals surface area contributed by atoms with Crippen molar-refractivity contribution in [3.05, 3.63) is 24.0 Å². The molecule has 1 fully saturated rings. The van der Waals surface area contributed by atoms with Gasteiger partial charge in [0, 0.05) is 6.42 Å². The number of fused-ring (bicyclic) bond motifs is 1. The van der Waals surface area contributed by atoms with Gasteiger partial charge in [0.1, 0.15) is 5.82 Å². The van der Waals surface area contributed by atoms with Gasteiger partial charge >= 0.3 is 0 Å². The summed E-state index contributed by atoms with van der Waals surface area (Å²) in [5, 5.41) is 11.8. The van der Waals surface area contributed by atoms with E-state index in [1.807, 2.05) is 22.6 Å². The SMILES string of the molecule is COc1cccc2nnc(CC3CCNC3)n12. The second-order valence-corrected chi connectivity index (χ2v) is 4.44. The van der Waals surface area contributed by atoms with Crippen molar-refractivity contribution in [2.75, 3.05) is 20.2 Å². The quantitative estimate of drug-likeness (QED) is 0.854. The highest BCUT2D eigenvalue weighted by atomic mass is 16.5. The van der Waals surface area contributed by atoms with Gasteiger partial charge in [0.25, 0.3) is 0 Å². The Morgan fingerprint density at radius 3 is 3.18 bits per heavy atom. The molecular weight excluding hydrogens is 216 g/mol. The van der Waals surface area contributed by atoms with Gasteiger partial charge in [-0.3, -0.25) is 0 Å². The summed E-state index contributed by atoms with van der Waals surface area (Å²) in [5.41, 5.74) is 0.852. The van der Waals surface area contributed by atoms with E-state index in [1.165, 1.54) is 6.42 Å². The zero-order valence-corrected chi connectivity index (χ0v) is 9.89. The molecule has 0 radical (unpaired) electrons. The Hall–Kier alpha value is -1.62. The smallest absolute Gasteiger partial charge is 0.200 e.